The van der Waals surface area contributed by atoms with Crippen molar-refractivity contribution in [3.63, 3.8) is 0 Å². The molecule has 0 saturated carbocycles. The molecule has 7 nitrogen and oxygen atoms in total. The van der Waals surface area contributed by atoms with Crippen molar-refractivity contribution in [2.75, 3.05) is 20.3 Å². The summed E-state index contributed by atoms with van der Waals surface area (Å²) in [6, 6.07) is 8.08. The molecule has 0 fully saturated rings. The molecular weight excluding hydrogens is 430 g/mol. The number of fused-ring (bicyclic) bond motifs is 1. The molecule has 0 amide bonds. The topological polar surface area (TPSA) is 78.6 Å². The average molecular weight is 461 g/mol. The Bertz CT molecular complexity index is 1080. The minimum absolute atomic E-state index is 0.0467. The molecule has 0 bridgehead atoms. The first-order valence-electron chi connectivity index (χ1n) is 10.7. The van der Waals surface area contributed by atoms with Crippen LogP contribution in [-0.2, 0) is 4.74 Å². The fourth-order valence-corrected chi connectivity index (χ4v) is 3.05. The van der Waals surface area contributed by atoms with Crippen molar-refractivity contribution >= 4 is 23.0 Å². The Morgan fingerprint density at radius 1 is 1.24 bits per heavy atom. The summed E-state index contributed by atoms with van der Waals surface area (Å²) in [5.41, 5.74) is 4.07. The van der Waals surface area contributed by atoms with Gasteiger partial charge in [0.25, 0.3) is 0 Å². The van der Waals surface area contributed by atoms with E-state index in [1.807, 2.05) is 20.8 Å². The first-order valence-corrected chi connectivity index (χ1v) is 10.7. The molecule has 0 N–H and O–H groups in total. The second-order valence-corrected chi connectivity index (χ2v) is 7.33. The number of nitrogens with zero attached hydrogens (tertiary/aromatic N) is 4. The number of halogens is 2. The number of rotatable bonds is 9. The molecule has 2 heterocycles. The van der Waals surface area contributed by atoms with E-state index in [1.54, 1.807) is 29.9 Å². The summed E-state index contributed by atoms with van der Waals surface area (Å²) >= 11 is 0. The molecule has 1 aromatic carbocycles. The number of carbonyl (C=O) groups excluding carboxylic acids is 1. The zero-order valence-electron chi connectivity index (χ0n) is 19.6. The van der Waals surface area contributed by atoms with Crippen LogP contribution in [0.3, 0.4) is 0 Å². The fraction of sp³-hybridized carbons (Fsp3) is 0.417. The van der Waals surface area contributed by atoms with Gasteiger partial charge in [0.05, 0.1) is 12.1 Å². The zero-order valence-corrected chi connectivity index (χ0v) is 19.6. The van der Waals surface area contributed by atoms with Gasteiger partial charge >= 0.3 is 6.61 Å². The minimum Gasteiger partial charge on any atom is -0.435 e. The van der Waals surface area contributed by atoms with Gasteiger partial charge in [-0.1, -0.05) is 19.1 Å². The maximum atomic E-state index is 12.4. The largest absolute Gasteiger partial charge is 0.435 e. The van der Waals surface area contributed by atoms with Crippen LogP contribution in [0.5, 0.6) is 5.75 Å². The molecule has 33 heavy (non-hydrogen) atoms. The summed E-state index contributed by atoms with van der Waals surface area (Å²) in [6.07, 6.45) is 3.18. The highest BCUT2D eigenvalue weighted by atomic mass is 19.3. The second kappa shape index (κ2) is 12.7. The van der Waals surface area contributed by atoms with E-state index in [4.69, 9.17) is 4.74 Å². The molecular formula is C24H30F2N4O3. The molecule has 0 spiro atoms. The molecule has 0 radical (unpaired) electrons. The number of carbonyl (C=O) groups is 1. The van der Waals surface area contributed by atoms with Gasteiger partial charge in [-0.25, -0.2) is 0 Å². The molecule has 0 atom stereocenters. The van der Waals surface area contributed by atoms with Gasteiger partial charge in [0.15, 0.2) is 6.29 Å². The quantitative estimate of drug-likeness (QED) is 0.307. The molecule has 3 aromatic rings. The van der Waals surface area contributed by atoms with E-state index in [9.17, 15) is 13.6 Å². The molecule has 0 unspecified atom stereocenters. The SMILES string of the molecule is CC(C)n1nc(-c2cccc(OC(F)F)c2)c2ncc(C=O)cc21.CCOCC(CC)=NC. The lowest BCUT2D eigenvalue weighted by Crippen LogP contribution is -2.06. The summed E-state index contributed by atoms with van der Waals surface area (Å²) in [7, 11) is 1.80. The van der Waals surface area contributed by atoms with Gasteiger partial charge in [0.2, 0.25) is 0 Å². The third-order valence-electron chi connectivity index (χ3n) is 4.72. The lowest BCUT2D eigenvalue weighted by Gasteiger charge is -2.06. The lowest BCUT2D eigenvalue weighted by atomic mass is 10.1. The van der Waals surface area contributed by atoms with Crippen LogP contribution in [-0.4, -0.2) is 53.6 Å². The lowest BCUT2D eigenvalue weighted by molar-refractivity contribution is -0.0498. The van der Waals surface area contributed by atoms with Gasteiger partial charge in [-0.2, -0.15) is 13.9 Å². The van der Waals surface area contributed by atoms with Crippen LogP contribution in [0.1, 0.15) is 50.5 Å². The second-order valence-electron chi connectivity index (χ2n) is 7.33. The Hall–Kier alpha value is -3.20. The number of hydrogen-bond acceptors (Lipinski definition) is 6. The third kappa shape index (κ3) is 7.15. The third-order valence-corrected chi connectivity index (χ3v) is 4.72. The number of pyridine rings is 1. The predicted molar refractivity (Wildman–Crippen MR) is 126 cm³/mol. The van der Waals surface area contributed by atoms with Gasteiger partial charge < -0.3 is 9.47 Å². The Morgan fingerprint density at radius 2 is 2.00 bits per heavy atom. The van der Waals surface area contributed by atoms with Crippen LogP contribution in [0.2, 0.25) is 0 Å². The number of aldehydes is 1. The van der Waals surface area contributed by atoms with E-state index in [2.05, 4.69) is 26.7 Å². The smallest absolute Gasteiger partial charge is 0.387 e. The molecule has 0 aliphatic carbocycles. The van der Waals surface area contributed by atoms with E-state index < -0.39 is 6.61 Å². The Balaban J connectivity index is 0.000000365. The Labute approximate surface area is 192 Å². The number of aromatic nitrogens is 3. The van der Waals surface area contributed by atoms with Crippen LogP contribution >= 0.6 is 0 Å². The molecule has 0 saturated heterocycles. The van der Waals surface area contributed by atoms with Crippen molar-refractivity contribution in [1.82, 2.24) is 14.8 Å². The maximum Gasteiger partial charge on any atom is 0.387 e. The fourth-order valence-electron chi connectivity index (χ4n) is 3.05. The summed E-state index contributed by atoms with van der Waals surface area (Å²) in [6.45, 7) is 6.58. The molecule has 2 aromatic heterocycles. The number of benzene rings is 1. The first kappa shape index (κ1) is 26.1. The minimum atomic E-state index is -2.89. The van der Waals surface area contributed by atoms with Crippen molar-refractivity contribution in [2.24, 2.45) is 4.99 Å². The molecule has 0 aliphatic heterocycles. The van der Waals surface area contributed by atoms with Crippen molar-refractivity contribution in [3.8, 4) is 17.0 Å². The van der Waals surface area contributed by atoms with Crippen LogP contribution in [0.4, 0.5) is 8.78 Å². The molecule has 0 aliphatic rings. The van der Waals surface area contributed by atoms with E-state index in [1.165, 1.54) is 18.3 Å². The van der Waals surface area contributed by atoms with Crippen molar-refractivity contribution in [2.45, 2.75) is 46.8 Å². The standard InChI is InChI=1S/C17H15F2N3O2.C7H15NO/c1-10(2)22-14-6-11(9-23)8-20-16(14)15(21-22)12-4-3-5-13(7-12)24-17(18)19;1-4-7(8-3)6-9-5-2/h3-10,17H,1-2H3;4-6H2,1-3H3. The monoisotopic (exact) mass is 460 g/mol. The predicted octanol–water partition coefficient (Wildman–Crippen LogP) is 5.60. The number of hydrogen-bond donors (Lipinski definition) is 0. The maximum absolute atomic E-state index is 12.4. The zero-order chi connectivity index (χ0) is 24.4. The highest BCUT2D eigenvalue weighted by molar-refractivity contribution is 5.93. The van der Waals surface area contributed by atoms with Crippen LogP contribution in [0, 0.1) is 0 Å². The summed E-state index contributed by atoms with van der Waals surface area (Å²) < 4.78 is 36.2. The number of aliphatic imine (C=N–C) groups is 1. The van der Waals surface area contributed by atoms with Gasteiger partial charge in [-0.3, -0.25) is 19.5 Å². The van der Waals surface area contributed by atoms with Crippen molar-refractivity contribution in [1.29, 1.82) is 0 Å². The van der Waals surface area contributed by atoms with Gasteiger partial charge in [0.1, 0.15) is 17.0 Å². The Morgan fingerprint density at radius 3 is 2.58 bits per heavy atom. The number of alkyl halides is 2. The van der Waals surface area contributed by atoms with Crippen LogP contribution in [0.15, 0.2) is 41.5 Å². The van der Waals surface area contributed by atoms with Crippen molar-refractivity contribution in [3.05, 3.63) is 42.1 Å². The van der Waals surface area contributed by atoms with Crippen molar-refractivity contribution < 1.29 is 23.0 Å². The van der Waals surface area contributed by atoms with Gasteiger partial charge in [-0.05, 0) is 45.4 Å². The van der Waals surface area contributed by atoms with E-state index >= 15 is 0 Å². The van der Waals surface area contributed by atoms with E-state index in [-0.39, 0.29) is 11.8 Å². The highest BCUT2D eigenvalue weighted by Crippen LogP contribution is 2.31. The Kier molecular flexibility index (Phi) is 10.1. The van der Waals surface area contributed by atoms with E-state index in [0.29, 0.717) is 34.5 Å². The van der Waals surface area contributed by atoms with Crippen LogP contribution in [0.25, 0.3) is 22.3 Å². The first-order chi connectivity index (χ1) is 15.8. The van der Waals surface area contributed by atoms with Gasteiger partial charge in [-0.15, -0.1) is 0 Å². The van der Waals surface area contributed by atoms with E-state index in [0.717, 1.165) is 25.0 Å². The molecule has 178 valence electrons. The summed E-state index contributed by atoms with van der Waals surface area (Å²) in [5, 5.41) is 4.55. The normalized spacial score (nSPS) is 11.6. The molecule has 3 rings (SSSR count). The summed E-state index contributed by atoms with van der Waals surface area (Å²) in [4.78, 5) is 19.4. The van der Waals surface area contributed by atoms with Crippen LogP contribution < -0.4 is 4.74 Å². The summed E-state index contributed by atoms with van der Waals surface area (Å²) in [5.74, 6) is 0.0549. The van der Waals surface area contributed by atoms with Gasteiger partial charge in [0, 0.05) is 42.7 Å². The average Bonchev–Trinajstić information content (AvgIpc) is 3.19. The molecule has 9 heteroatoms. The number of ether oxygens (including phenoxy) is 2. The highest BCUT2D eigenvalue weighted by Gasteiger charge is 2.17.